The maximum absolute atomic E-state index is 12.2. The minimum Gasteiger partial charge on any atom is -0.320 e. The lowest BCUT2D eigenvalue weighted by Gasteiger charge is -2.24. The molecule has 2 aliphatic heterocycles. The van der Waals surface area contributed by atoms with Crippen LogP contribution in [0.25, 0.3) is 0 Å². The average molecular weight is 216 g/mol. The standard InChI is InChI=1S/C13H16N2O/c1-8-7-10-4-2-3-9-5-6-11(14)13(16)15(8)12(9)10/h2-4,8,11H,5-7,14H2,1H3/t8-,11+/m1/s1. The Morgan fingerprint density at radius 1 is 1.38 bits per heavy atom. The van der Waals surface area contributed by atoms with E-state index >= 15 is 0 Å². The summed E-state index contributed by atoms with van der Waals surface area (Å²) in [6, 6.07) is 6.26. The highest BCUT2D eigenvalue weighted by Crippen LogP contribution is 2.38. The summed E-state index contributed by atoms with van der Waals surface area (Å²) < 4.78 is 0. The van der Waals surface area contributed by atoms with Crippen molar-refractivity contribution in [2.24, 2.45) is 5.73 Å². The monoisotopic (exact) mass is 216 g/mol. The first-order chi connectivity index (χ1) is 7.68. The molecule has 84 valence electrons. The van der Waals surface area contributed by atoms with E-state index in [1.807, 2.05) is 4.90 Å². The molecular formula is C13H16N2O. The van der Waals surface area contributed by atoms with E-state index in [0.717, 1.165) is 24.9 Å². The number of hydrogen-bond acceptors (Lipinski definition) is 2. The van der Waals surface area contributed by atoms with Gasteiger partial charge in [0.15, 0.2) is 0 Å². The second-order valence-corrected chi connectivity index (χ2v) is 4.83. The largest absolute Gasteiger partial charge is 0.320 e. The van der Waals surface area contributed by atoms with Gasteiger partial charge in [-0.2, -0.15) is 0 Å². The molecule has 0 aliphatic carbocycles. The summed E-state index contributed by atoms with van der Waals surface area (Å²) in [6.45, 7) is 2.10. The Kier molecular flexibility index (Phi) is 2.04. The third kappa shape index (κ3) is 1.21. The molecule has 0 bridgehead atoms. The molecule has 0 unspecified atom stereocenters. The summed E-state index contributed by atoms with van der Waals surface area (Å²) in [7, 11) is 0. The van der Waals surface area contributed by atoms with Crippen molar-refractivity contribution in [3.05, 3.63) is 29.3 Å². The number of carbonyl (C=O) groups excluding carboxylic acids is 1. The zero-order valence-electron chi connectivity index (χ0n) is 9.44. The number of hydrogen-bond donors (Lipinski definition) is 1. The number of para-hydroxylation sites is 1. The van der Waals surface area contributed by atoms with Crippen LogP contribution in [0.3, 0.4) is 0 Å². The van der Waals surface area contributed by atoms with Gasteiger partial charge in [0.05, 0.1) is 11.7 Å². The van der Waals surface area contributed by atoms with Crippen molar-refractivity contribution in [2.75, 3.05) is 4.90 Å². The van der Waals surface area contributed by atoms with Crippen LogP contribution in [0.15, 0.2) is 18.2 Å². The van der Waals surface area contributed by atoms with Crippen LogP contribution >= 0.6 is 0 Å². The van der Waals surface area contributed by atoms with Crippen molar-refractivity contribution in [2.45, 2.75) is 38.3 Å². The molecule has 2 aliphatic rings. The molecule has 0 spiro atoms. The van der Waals surface area contributed by atoms with E-state index in [1.165, 1.54) is 11.1 Å². The van der Waals surface area contributed by atoms with Gasteiger partial charge in [-0.1, -0.05) is 18.2 Å². The highest BCUT2D eigenvalue weighted by Gasteiger charge is 2.37. The molecule has 16 heavy (non-hydrogen) atoms. The van der Waals surface area contributed by atoms with Crippen molar-refractivity contribution < 1.29 is 4.79 Å². The number of nitrogens with zero attached hydrogens (tertiary/aromatic N) is 1. The molecule has 0 radical (unpaired) electrons. The van der Waals surface area contributed by atoms with Gasteiger partial charge in [0.2, 0.25) is 5.91 Å². The van der Waals surface area contributed by atoms with Gasteiger partial charge < -0.3 is 10.6 Å². The van der Waals surface area contributed by atoms with Gasteiger partial charge in [0, 0.05) is 6.04 Å². The minimum absolute atomic E-state index is 0.0937. The van der Waals surface area contributed by atoms with Crippen molar-refractivity contribution in [3.8, 4) is 0 Å². The van der Waals surface area contributed by atoms with Crippen LogP contribution in [-0.2, 0) is 17.6 Å². The molecular weight excluding hydrogens is 200 g/mol. The Morgan fingerprint density at radius 3 is 2.94 bits per heavy atom. The predicted molar refractivity (Wildman–Crippen MR) is 63.4 cm³/mol. The Morgan fingerprint density at radius 2 is 2.12 bits per heavy atom. The third-order valence-corrected chi connectivity index (χ3v) is 3.68. The summed E-state index contributed by atoms with van der Waals surface area (Å²) in [4.78, 5) is 14.1. The first-order valence-electron chi connectivity index (χ1n) is 5.88. The molecule has 0 saturated heterocycles. The van der Waals surface area contributed by atoms with Gasteiger partial charge >= 0.3 is 0 Å². The van der Waals surface area contributed by atoms with Gasteiger partial charge in [0.1, 0.15) is 0 Å². The van der Waals surface area contributed by atoms with E-state index in [9.17, 15) is 4.79 Å². The maximum atomic E-state index is 12.2. The fourth-order valence-electron chi connectivity index (χ4n) is 2.89. The molecule has 3 rings (SSSR count). The van der Waals surface area contributed by atoms with Gasteiger partial charge in [-0.05, 0) is 37.3 Å². The normalized spacial score (nSPS) is 27.9. The zero-order chi connectivity index (χ0) is 11.3. The summed E-state index contributed by atoms with van der Waals surface area (Å²) in [6.07, 6.45) is 2.64. The number of benzene rings is 1. The van der Waals surface area contributed by atoms with E-state index in [-0.39, 0.29) is 18.0 Å². The molecule has 3 nitrogen and oxygen atoms in total. The van der Waals surface area contributed by atoms with Crippen LogP contribution in [-0.4, -0.2) is 18.0 Å². The number of nitrogens with two attached hydrogens (primary N) is 1. The van der Waals surface area contributed by atoms with E-state index in [4.69, 9.17) is 5.73 Å². The number of carbonyl (C=O) groups is 1. The number of amides is 1. The lowest BCUT2D eigenvalue weighted by atomic mass is 10.0. The highest BCUT2D eigenvalue weighted by atomic mass is 16.2. The van der Waals surface area contributed by atoms with Gasteiger partial charge in [0.25, 0.3) is 0 Å². The Hall–Kier alpha value is -1.35. The minimum atomic E-state index is -0.333. The zero-order valence-corrected chi connectivity index (χ0v) is 9.44. The van der Waals surface area contributed by atoms with Crippen molar-refractivity contribution in [1.29, 1.82) is 0 Å². The van der Waals surface area contributed by atoms with Crippen LogP contribution in [0.4, 0.5) is 5.69 Å². The van der Waals surface area contributed by atoms with Crippen LogP contribution in [0.5, 0.6) is 0 Å². The molecule has 1 aromatic rings. The Balaban J connectivity index is 2.19. The van der Waals surface area contributed by atoms with Crippen molar-refractivity contribution >= 4 is 11.6 Å². The van der Waals surface area contributed by atoms with Crippen molar-refractivity contribution in [1.82, 2.24) is 0 Å². The molecule has 1 amide bonds. The Labute approximate surface area is 95.2 Å². The SMILES string of the molecule is C[C@@H]1Cc2cccc3c2N1C(=O)[C@@H](N)CC3. The average Bonchev–Trinajstić information content (AvgIpc) is 2.54. The lowest BCUT2D eigenvalue weighted by molar-refractivity contribution is -0.120. The topological polar surface area (TPSA) is 46.3 Å². The van der Waals surface area contributed by atoms with E-state index in [0.29, 0.717) is 0 Å². The number of anilines is 1. The van der Waals surface area contributed by atoms with Gasteiger partial charge in [-0.3, -0.25) is 4.79 Å². The summed E-state index contributed by atoms with van der Waals surface area (Å²) in [5, 5.41) is 0. The fraction of sp³-hybridized carbons (Fsp3) is 0.462. The van der Waals surface area contributed by atoms with E-state index < -0.39 is 0 Å². The second-order valence-electron chi connectivity index (χ2n) is 4.83. The summed E-state index contributed by atoms with van der Waals surface area (Å²) in [5.41, 5.74) is 9.64. The first-order valence-corrected chi connectivity index (χ1v) is 5.88. The molecule has 0 aromatic heterocycles. The highest BCUT2D eigenvalue weighted by molar-refractivity contribution is 6.01. The summed E-state index contributed by atoms with van der Waals surface area (Å²) >= 11 is 0. The summed E-state index contributed by atoms with van der Waals surface area (Å²) in [5.74, 6) is 0.0937. The number of rotatable bonds is 0. The Bertz CT molecular complexity index is 455. The lowest BCUT2D eigenvalue weighted by Crippen LogP contribution is -2.45. The van der Waals surface area contributed by atoms with Crippen molar-refractivity contribution in [3.63, 3.8) is 0 Å². The van der Waals surface area contributed by atoms with E-state index in [1.54, 1.807) is 0 Å². The maximum Gasteiger partial charge on any atom is 0.244 e. The molecule has 2 atom stereocenters. The molecule has 2 N–H and O–H groups in total. The van der Waals surface area contributed by atoms with Crippen LogP contribution in [0.2, 0.25) is 0 Å². The van der Waals surface area contributed by atoms with Crippen LogP contribution in [0, 0.1) is 0 Å². The molecule has 2 heterocycles. The first kappa shape index (κ1) is 9.85. The third-order valence-electron chi connectivity index (χ3n) is 3.68. The molecule has 3 heteroatoms. The van der Waals surface area contributed by atoms with Gasteiger partial charge in [-0.15, -0.1) is 0 Å². The predicted octanol–water partition coefficient (Wildman–Crippen LogP) is 1.24. The van der Waals surface area contributed by atoms with Crippen LogP contribution < -0.4 is 10.6 Å². The fourth-order valence-corrected chi connectivity index (χ4v) is 2.89. The molecule has 0 fully saturated rings. The molecule has 0 saturated carbocycles. The second kappa shape index (κ2) is 3.32. The van der Waals surface area contributed by atoms with E-state index in [2.05, 4.69) is 25.1 Å². The quantitative estimate of drug-likeness (QED) is 0.709. The van der Waals surface area contributed by atoms with Gasteiger partial charge in [-0.25, -0.2) is 0 Å². The number of aryl methyl sites for hydroxylation is 1. The smallest absolute Gasteiger partial charge is 0.244 e. The van der Waals surface area contributed by atoms with Crippen LogP contribution in [0.1, 0.15) is 24.5 Å². The molecule has 1 aromatic carbocycles.